The number of methoxy groups -OCH3 is 1. The molecule has 1 unspecified atom stereocenters. The van der Waals surface area contributed by atoms with E-state index in [1.54, 1.807) is 7.11 Å². The number of benzene rings is 1. The first kappa shape index (κ1) is 14.8. The van der Waals surface area contributed by atoms with Crippen molar-refractivity contribution in [1.29, 1.82) is 0 Å². The predicted octanol–water partition coefficient (Wildman–Crippen LogP) is 2.18. The van der Waals surface area contributed by atoms with Crippen LogP contribution in [0.5, 0.6) is 5.75 Å². The van der Waals surface area contributed by atoms with E-state index in [0.717, 1.165) is 48.5 Å². The molecule has 0 saturated carbocycles. The Hall–Kier alpha value is -0.620. The van der Waals surface area contributed by atoms with Gasteiger partial charge < -0.3 is 15.2 Å². The fourth-order valence-electron chi connectivity index (χ4n) is 2.52. The van der Waals surface area contributed by atoms with Gasteiger partial charge in [0.1, 0.15) is 5.75 Å². The quantitative estimate of drug-likeness (QED) is 0.920. The average molecular weight is 329 g/mol. The van der Waals surface area contributed by atoms with E-state index in [1.165, 1.54) is 0 Å². The summed E-state index contributed by atoms with van der Waals surface area (Å²) in [5.41, 5.74) is 7.15. The topological polar surface area (TPSA) is 47.7 Å². The van der Waals surface area contributed by atoms with Crippen LogP contribution in [0.3, 0.4) is 0 Å². The van der Waals surface area contributed by atoms with E-state index >= 15 is 0 Å². The first-order valence-corrected chi connectivity index (χ1v) is 7.41. The van der Waals surface area contributed by atoms with Gasteiger partial charge in [-0.05, 0) is 24.6 Å². The molecule has 1 aliphatic heterocycles. The van der Waals surface area contributed by atoms with E-state index in [4.69, 9.17) is 15.2 Å². The molecule has 2 N–H and O–H groups in total. The summed E-state index contributed by atoms with van der Waals surface area (Å²) in [7, 11) is 1.70. The van der Waals surface area contributed by atoms with E-state index < -0.39 is 0 Å². The zero-order valence-electron chi connectivity index (χ0n) is 11.3. The predicted molar refractivity (Wildman–Crippen MR) is 79.5 cm³/mol. The Labute approximate surface area is 123 Å². The van der Waals surface area contributed by atoms with Crippen LogP contribution < -0.4 is 10.5 Å². The van der Waals surface area contributed by atoms with E-state index in [-0.39, 0.29) is 6.04 Å². The third-order valence-electron chi connectivity index (χ3n) is 3.47. The molecule has 1 heterocycles. The van der Waals surface area contributed by atoms with E-state index in [0.29, 0.717) is 6.54 Å². The number of rotatable bonds is 4. The number of ether oxygens (including phenoxy) is 2. The van der Waals surface area contributed by atoms with Crippen LogP contribution in [0.4, 0.5) is 0 Å². The summed E-state index contributed by atoms with van der Waals surface area (Å²) in [5.74, 6) is 0.892. The van der Waals surface area contributed by atoms with Gasteiger partial charge in [-0.1, -0.05) is 15.9 Å². The molecule has 0 aliphatic carbocycles. The Kier molecular flexibility index (Phi) is 5.63. The van der Waals surface area contributed by atoms with Gasteiger partial charge in [-0.2, -0.15) is 0 Å². The van der Waals surface area contributed by atoms with Gasteiger partial charge in [-0.15, -0.1) is 0 Å². The fourth-order valence-corrected chi connectivity index (χ4v) is 2.89. The monoisotopic (exact) mass is 328 g/mol. The molecule has 1 atom stereocenters. The van der Waals surface area contributed by atoms with Crippen molar-refractivity contribution >= 4 is 15.9 Å². The smallest absolute Gasteiger partial charge is 0.123 e. The van der Waals surface area contributed by atoms with Gasteiger partial charge >= 0.3 is 0 Å². The summed E-state index contributed by atoms with van der Waals surface area (Å²) in [6.45, 7) is 4.11. The standard InChI is InChI=1S/C14H21BrN2O2/c1-18-14-4-3-11(15)9-12(14)13(10-16)17-5-2-7-19-8-6-17/h3-4,9,13H,2,5-8,10,16H2,1H3. The van der Waals surface area contributed by atoms with Crippen molar-refractivity contribution in [3.8, 4) is 5.75 Å². The van der Waals surface area contributed by atoms with Crippen LogP contribution >= 0.6 is 15.9 Å². The van der Waals surface area contributed by atoms with Crippen LogP contribution in [0.1, 0.15) is 18.0 Å². The second-order valence-electron chi connectivity index (χ2n) is 4.64. The van der Waals surface area contributed by atoms with E-state index in [1.807, 2.05) is 12.1 Å². The molecule has 5 heteroatoms. The highest BCUT2D eigenvalue weighted by Crippen LogP contribution is 2.31. The Morgan fingerprint density at radius 2 is 2.26 bits per heavy atom. The lowest BCUT2D eigenvalue weighted by Gasteiger charge is -2.30. The van der Waals surface area contributed by atoms with Gasteiger partial charge in [0.05, 0.1) is 19.8 Å². The Balaban J connectivity index is 2.26. The first-order valence-electron chi connectivity index (χ1n) is 6.61. The van der Waals surface area contributed by atoms with Gasteiger partial charge in [0.2, 0.25) is 0 Å². The lowest BCUT2D eigenvalue weighted by Crippen LogP contribution is -2.35. The maximum Gasteiger partial charge on any atom is 0.123 e. The van der Waals surface area contributed by atoms with Gasteiger partial charge in [-0.25, -0.2) is 0 Å². The Bertz CT molecular complexity index is 406. The highest BCUT2D eigenvalue weighted by molar-refractivity contribution is 9.10. The van der Waals surface area contributed by atoms with Crippen molar-refractivity contribution < 1.29 is 9.47 Å². The fraction of sp³-hybridized carbons (Fsp3) is 0.571. The van der Waals surface area contributed by atoms with Crippen LogP contribution in [0.15, 0.2) is 22.7 Å². The number of hydrogen-bond donors (Lipinski definition) is 1. The molecule has 1 aromatic carbocycles. The van der Waals surface area contributed by atoms with Crippen molar-refractivity contribution in [2.75, 3.05) is 40.0 Å². The molecule has 1 aliphatic rings. The molecule has 0 radical (unpaired) electrons. The van der Waals surface area contributed by atoms with Gasteiger partial charge in [0.15, 0.2) is 0 Å². The Morgan fingerprint density at radius 1 is 1.42 bits per heavy atom. The van der Waals surface area contributed by atoms with Crippen LogP contribution in [0, 0.1) is 0 Å². The highest BCUT2D eigenvalue weighted by atomic mass is 79.9. The van der Waals surface area contributed by atoms with Crippen molar-refractivity contribution in [1.82, 2.24) is 4.90 Å². The molecule has 0 bridgehead atoms. The van der Waals surface area contributed by atoms with Crippen molar-refractivity contribution in [2.24, 2.45) is 5.73 Å². The molecule has 1 aromatic rings. The number of nitrogens with two attached hydrogens (primary N) is 1. The lowest BCUT2D eigenvalue weighted by atomic mass is 10.0. The van der Waals surface area contributed by atoms with Gasteiger partial charge in [-0.3, -0.25) is 4.90 Å². The van der Waals surface area contributed by atoms with Gasteiger partial charge in [0.25, 0.3) is 0 Å². The number of halogens is 1. The van der Waals surface area contributed by atoms with E-state index in [2.05, 4.69) is 26.9 Å². The summed E-state index contributed by atoms with van der Waals surface area (Å²) in [5, 5.41) is 0. The molecule has 4 nitrogen and oxygen atoms in total. The third-order valence-corrected chi connectivity index (χ3v) is 3.96. The first-order chi connectivity index (χ1) is 9.26. The SMILES string of the molecule is COc1ccc(Br)cc1C(CN)N1CCCOCC1. The van der Waals surface area contributed by atoms with Gasteiger partial charge in [0, 0.05) is 36.3 Å². The summed E-state index contributed by atoms with van der Waals surface area (Å²) in [6.07, 6.45) is 1.05. The molecule has 1 saturated heterocycles. The van der Waals surface area contributed by atoms with Crippen LogP contribution in [0.2, 0.25) is 0 Å². The van der Waals surface area contributed by atoms with Crippen molar-refractivity contribution in [2.45, 2.75) is 12.5 Å². The second kappa shape index (κ2) is 7.24. The van der Waals surface area contributed by atoms with Crippen molar-refractivity contribution in [3.63, 3.8) is 0 Å². The summed E-state index contributed by atoms with van der Waals surface area (Å²) >= 11 is 3.52. The molecule has 0 amide bonds. The molecular weight excluding hydrogens is 308 g/mol. The molecule has 19 heavy (non-hydrogen) atoms. The average Bonchev–Trinajstić information content (AvgIpc) is 2.69. The molecule has 106 valence electrons. The molecule has 0 aromatic heterocycles. The maximum atomic E-state index is 6.01. The zero-order valence-corrected chi connectivity index (χ0v) is 12.9. The largest absolute Gasteiger partial charge is 0.496 e. The van der Waals surface area contributed by atoms with E-state index in [9.17, 15) is 0 Å². The van der Waals surface area contributed by atoms with Crippen molar-refractivity contribution in [3.05, 3.63) is 28.2 Å². The number of nitrogens with zero attached hydrogens (tertiary/aromatic N) is 1. The van der Waals surface area contributed by atoms with Crippen LogP contribution in [-0.4, -0.2) is 44.9 Å². The number of hydrogen-bond acceptors (Lipinski definition) is 4. The minimum absolute atomic E-state index is 0.175. The minimum Gasteiger partial charge on any atom is -0.496 e. The minimum atomic E-state index is 0.175. The van der Waals surface area contributed by atoms with Crippen LogP contribution in [0.25, 0.3) is 0 Å². The molecular formula is C14H21BrN2O2. The molecule has 2 rings (SSSR count). The third kappa shape index (κ3) is 3.69. The zero-order chi connectivity index (χ0) is 13.7. The summed E-state index contributed by atoms with van der Waals surface area (Å²) < 4.78 is 12.0. The maximum absolute atomic E-state index is 6.01. The second-order valence-corrected chi connectivity index (χ2v) is 5.56. The highest BCUT2D eigenvalue weighted by Gasteiger charge is 2.23. The molecule has 1 fully saturated rings. The summed E-state index contributed by atoms with van der Waals surface area (Å²) in [4.78, 5) is 2.39. The Morgan fingerprint density at radius 3 is 3.00 bits per heavy atom. The molecule has 0 spiro atoms. The van der Waals surface area contributed by atoms with Crippen LogP contribution in [-0.2, 0) is 4.74 Å². The lowest BCUT2D eigenvalue weighted by molar-refractivity contribution is 0.132. The normalized spacial score (nSPS) is 18.9. The summed E-state index contributed by atoms with van der Waals surface area (Å²) in [6, 6.07) is 6.24.